The topological polar surface area (TPSA) is 32.8 Å². The van der Waals surface area contributed by atoms with Crippen molar-refractivity contribution in [3.8, 4) is 0 Å². The van der Waals surface area contributed by atoms with Crippen LogP contribution >= 0.6 is 11.8 Å². The molecule has 3 heteroatoms. The van der Waals surface area contributed by atoms with Crippen molar-refractivity contribution in [3.63, 3.8) is 0 Å². The summed E-state index contributed by atoms with van der Waals surface area (Å²) in [6, 6.07) is 0. The number of ether oxygens (including phenoxy) is 1. The van der Waals surface area contributed by atoms with Crippen molar-refractivity contribution in [2.75, 3.05) is 18.6 Å². The zero-order valence-corrected chi connectivity index (χ0v) is 6.36. The van der Waals surface area contributed by atoms with Gasteiger partial charge in [-0.3, -0.25) is 0 Å². The van der Waals surface area contributed by atoms with E-state index in [9.17, 15) is 5.11 Å². The van der Waals surface area contributed by atoms with Gasteiger partial charge in [0.2, 0.25) is 0 Å². The van der Waals surface area contributed by atoms with Gasteiger partial charge in [-0.25, -0.2) is 0 Å². The quantitative estimate of drug-likeness (QED) is 0.589. The molecule has 1 saturated heterocycles. The lowest BCUT2D eigenvalue weighted by Crippen LogP contribution is -2.14. The number of aliphatic hydroxyl groups excluding tert-OH is 1. The average Bonchev–Trinajstić information content (AvgIpc) is 2.63. The molecule has 0 aromatic rings. The zero-order valence-electron chi connectivity index (χ0n) is 5.54. The first-order valence-corrected chi connectivity index (χ1v) is 4.52. The van der Waals surface area contributed by atoms with Crippen LogP contribution in [0, 0.1) is 0 Å². The summed E-state index contributed by atoms with van der Waals surface area (Å²) in [4.78, 5) is 0. The first-order valence-electron chi connectivity index (χ1n) is 3.13. The highest BCUT2D eigenvalue weighted by Gasteiger charge is 2.30. The largest absolute Gasteiger partial charge is 0.390 e. The van der Waals surface area contributed by atoms with Crippen molar-refractivity contribution < 1.29 is 9.84 Å². The summed E-state index contributed by atoms with van der Waals surface area (Å²) in [6.45, 7) is 0.759. The van der Waals surface area contributed by atoms with Crippen molar-refractivity contribution in [2.45, 2.75) is 18.6 Å². The number of rotatable bonds is 4. The number of hydrogen-bond donors (Lipinski definition) is 1. The van der Waals surface area contributed by atoms with Gasteiger partial charge in [-0.15, -0.1) is 0 Å². The van der Waals surface area contributed by atoms with Gasteiger partial charge in [0, 0.05) is 0 Å². The van der Waals surface area contributed by atoms with Crippen molar-refractivity contribution in [2.24, 2.45) is 0 Å². The molecule has 0 aromatic carbocycles. The predicted molar refractivity (Wildman–Crippen MR) is 38.7 cm³/mol. The van der Waals surface area contributed by atoms with E-state index in [4.69, 9.17) is 4.74 Å². The van der Waals surface area contributed by atoms with Crippen LogP contribution < -0.4 is 0 Å². The Hall–Kier alpha value is 0.270. The zero-order chi connectivity index (χ0) is 6.69. The second-order valence-corrected chi connectivity index (χ2v) is 3.21. The van der Waals surface area contributed by atoms with E-state index >= 15 is 0 Å². The van der Waals surface area contributed by atoms with Crippen LogP contribution in [0.4, 0.5) is 0 Å². The van der Waals surface area contributed by atoms with Crippen molar-refractivity contribution in [1.29, 1.82) is 0 Å². The predicted octanol–water partition coefficient (Wildman–Crippen LogP) is 0.499. The van der Waals surface area contributed by atoms with Crippen LogP contribution in [-0.2, 0) is 4.74 Å². The summed E-state index contributed by atoms with van der Waals surface area (Å²) in [5, 5.41) is 9.18. The molecule has 1 rings (SSSR count). The summed E-state index contributed by atoms with van der Waals surface area (Å²) < 4.78 is 4.91. The van der Waals surface area contributed by atoms with Crippen LogP contribution in [0.1, 0.15) is 6.42 Å². The van der Waals surface area contributed by atoms with Gasteiger partial charge in [-0.1, -0.05) is 0 Å². The lowest BCUT2D eigenvalue weighted by atomic mass is 10.2. The Morgan fingerprint density at radius 1 is 1.89 bits per heavy atom. The fraction of sp³-hybridized carbons (Fsp3) is 1.00. The average molecular weight is 148 g/mol. The van der Waals surface area contributed by atoms with Gasteiger partial charge in [0.1, 0.15) is 6.10 Å². The van der Waals surface area contributed by atoms with E-state index in [1.807, 2.05) is 6.26 Å². The molecular weight excluding hydrogens is 136 g/mol. The van der Waals surface area contributed by atoms with E-state index in [1.54, 1.807) is 11.8 Å². The van der Waals surface area contributed by atoms with Crippen LogP contribution in [0.15, 0.2) is 0 Å². The maximum absolute atomic E-state index is 9.18. The molecule has 1 N–H and O–H groups in total. The van der Waals surface area contributed by atoms with E-state index in [0.29, 0.717) is 0 Å². The van der Waals surface area contributed by atoms with Gasteiger partial charge in [0.25, 0.3) is 0 Å². The van der Waals surface area contributed by atoms with Crippen molar-refractivity contribution in [1.82, 2.24) is 0 Å². The van der Waals surface area contributed by atoms with E-state index in [2.05, 4.69) is 0 Å². The standard InChI is InChI=1S/C6H12O2S/c1-9-3-2-5(7)6-4-8-6/h5-7H,2-4H2,1H3. The molecule has 1 fully saturated rings. The molecule has 2 nitrogen and oxygen atoms in total. The first-order chi connectivity index (χ1) is 4.34. The Kier molecular flexibility index (Phi) is 2.82. The van der Waals surface area contributed by atoms with E-state index in [-0.39, 0.29) is 12.2 Å². The molecular formula is C6H12O2S. The third-order valence-corrected chi connectivity index (χ3v) is 2.05. The Balaban J connectivity index is 1.96. The summed E-state index contributed by atoms with van der Waals surface area (Å²) in [7, 11) is 0. The van der Waals surface area contributed by atoms with Gasteiger partial charge >= 0.3 is 0 Å². The van der Waals surface area contributed by atoms with E-state index < -0.39 is 0 Å². The van der Waals surface area contributed by atoms with Gasteiger partial charge in [-0.05, 0) is 18.4 Å². The molecule has 0 aromatic heterocycles. The number of aliphatic hydroxyl groups is 1. The van der Waals surface area contributed by atoms with Crippen LogP contribution in [0.5, 0.6) is 0 Å². The molecule has 0 saturated carbocycles. The van der Waals surface area contributed by atoms with Crippen molar-refractivity contribution >= 4 is 11.8 Å². The van der Waals surface area contributed by atoms with E-state index in [1.165, 1.54) is 0 Å². The highest BCUT2D eigenvalue weighted by molar-refractivity contribution is 7.98. The minimum atomic E-state index is -0.211. The summed E-state index contributed by atoms with van der Waals surface area (Å²) in [6.07, 6.45) is 2.86. The lowest BCUT2D eigenvalue weighted by molar-refractivity contribution is 0.132. The third-order valence-electron chi connectivity index (χ3n) is 1.41. The van der Waals surface area contributed by atoms with Gasteiger partial charge in [0.15, 0.2) is 0 Å². The molecule has 2 unspecified atom stereocenters. The normalized spacial score (nSPS) is 28.0. The van der Waals surface area contributed by atoms with Crippen molar-refractivity contribution in [3.05, 3.63) is 0 Å². The minimum Gasteiger partial charge on any atom is -0.390 e. The second kappa shape index (κ2) is 3.44. The monoisotopic (exact) mass is 148 g/mol. The van der Waals surface area contributed by atoms with Crippen LogP contribution in [-0.4, -0.2) is 35.9 Å². The smallest absolute Gasteiger partial charge is 0.107 e. The Bertz CT molecular complexity index is 83.1. The maximum Gasteiger partial charge on any atom is 0.107 e. The van der Waals surface area contributed by atoms with Crippen LogP contribution in [0.3, 0.4) is 0 Å². The number of hydrogen-bond acceptors (Lipinski definition) is 3. The molecule has 54 valence electrons. The third kappa shape index (κ3) is 2.56. The molecule has 0 spiro atoms. The van der Waals surface area contributed by atoms with Crippen LogP contribution in [0.25, 0.3) is 0 Å². The molecule has 1 heterocycles. The Labute approximate surface area is 59.6 Å². The second-order valence-electron chi connectivity index (χ2n) is 2.22. The van der Waals surface area contributed by atoms with E-state index in [0.717, 1.165) is 18.8 Å². The van der Waals surface area contributed by atoms with Gasteiger partial charge in [0.05, 0.1) is 12.7 Å². The summed E-state index contributed by atoms with van der Waals surface area (Å²) in [5.41, 5.74) is 0. The molecule has 0 aliphatic carbocycles. The fourth-order valence-electron chi connectivity index (χ4n) is 0.702. The fourth-order valence-corrected chi connectivity index (χ4v) is 1.18. The maximum atomic E-state index is 9.18. The molecule has 0 bridgehead atoms. The Morgan fingerprint density at radius 3 is 3.00 bits per heavy atom. The highest BCUT2D eigenvalue weighted by Crippen LogP contribution is 2.17. The highest BCUT2D eigenvalue weighted by atomic mass is 32.2. The Morgan fingerprint density at radius 2 is 2.56 bits per heavy atom. The molecule has 9 heavy (non-hydrogen) atoms. The summed E-state index contributed by atoms with van der Waals surface area (Å²) in [5.74, 6) is 1.03. The molecule has 2 atom stereocenters. The minimum absolute atomic E-state index is 0.164. The van der Waals surface area contributed by atoms with Gasteiger partial charge in [-0.2, -0.15) is 11.8 Å². The molecule has 1 aliphatic heterocycles. The molecule has 1 aliphatic rings. The molecule has 0 amide bonds. The first kappa shape index (κ1) is 7.38. The summed E-state index contributed by atoms with van der Waals surface area (Å²) >= 11 is 1.76. The van der Waals surface area contributed by atoms with Gasteiger partial charge < -0.3 is 9.84 Å². The number of thioether (sulfide) groups is 1. The molecule has 0 radical (unpaired) electrons. The SMILES string of the molecule is CSCCC(O)C1CO1. The number of epoxide rings is 1. The van der Waals surface area contributed by atoms with Crippen LogP contribution in [0.2, 0.25) is 0 Å². The lowest BCUT2D eigenvalue weighted by Gasteiger charge is -2.03.